The van der Waals surface area contributed by atoms with Gasteiger partial charge in [-0.05, 0) is 40.2 Å². The Morgan fingerprint density at radius 2 is 1.94 bits per heavy atom. The fourth-order valence-electron chi connectivity index (χ4n) is 1.26. The highest BCUT2D eigenvalue weighted by Crippen LogP contribution is 2.33. The molecule has 0 aliphatic rings. The maximum atomic E-state index is 11.9. The van der Waals surface area contributed by atoms with Gasteiger partial charge in [0, 0.05) is 5.56 Å². The summed E-state index contributed by atoms with van der Waals surface area (Å²) in [5.74, 6) is 0.742. The van der Waals surface area contributed by atoms with Crippen LogP contribution in [0.5, 0.6) is 5.75 Å². The van der Waals surface area contributed by atoms with Crippen LogP contribution in [-0.2, 0) is 0 Å². The van der Waals surface area contributed by atoms with Crippen LogP contribution in [0.3, 0.4) is 0 Å². The largest absolute Gasteiger partial charge is 0.435 e. The van der Waals surface area contributed by atoms with E-state index < -0.39 is 6.61 Å². The van der Waals surface area contributed by atoms with Crippen LogP contribution in [0.2, 0.25) is 0 Å². The Hall–Kier alpha value is -1.63. The Bertz CT molecular complexity index is 514. The summed E-state index contributed by atoms with van der Waals surface area (Å²) in [6, 6.07) is 5.96. The van der Waals surface area contributed by atoms with Crippen molar-refractivity contribution in [3.8, 4) is 17.1 Å². The number of hydrogen-bond donors (Lipinski definition) is 1. The Morgan fingerprint density at radius 1 is 1.29 bits per heavy atom. The lowest BCUT2D eigenvalue weighted by Crippen LogP contribution is -2.01. The minimum absolute atomic E-state index is 0.0763. The Morgan fingerprint density at radius 3 is 2.41 bits per heavy atom. The number of benzene rings is 1. The van der Waals surface area contributed by atoms with Crippen molar-refractivity contribution in [2.24, 2.45) is 0 Å². The number of ether oxygens (including phenoxy) is 1. The number of anilines is 1. The number of nitrogen functional groups attached to an aromatic ring is 1. The van der Waals surface area contributed by atoms with E-state index in [0.717, 1.165) is 0 Å². The molecule has 0 amide bonds. The summed E-state index contributed by atoms with van der Waals surface area (Å²) in [6.07, 6.45) is 0. The van der Waals surface area contributed by atoms with Crippen LogP contribution >= 0.6 is 15.9 Å². The molecule has 2 rings (SSSR count). The molecule has 0 aliphatic heterocycles. The van der Waals surface area contributed by atoms with Gasteiger partial charge in [0.25, 0.3) is 0 Å². The monoisotopic (exact) mass is 304 g/mol. The van der Waals surface area contributed by atoms with Crippen LogP contribution in [0.15, 0.2) is 33.3 Å². The second-order valence-corrected chi connectivity index (χ2v) is 3.91. The van der Waals surface area contributed by atoms with Crippen molar-refractivity contribution in [3.05, 3.63) is 28.7 Å². The Labute approximate surface area is 103 Å². The smallest absolute Gasteiger partial charge is 0.387 e. The molecule has 0 saturated carbocycles. The first-order chi connectivity index (χ1) is 8.08. The zero-order chi connectivity index (χ0) is 12.4. The summed E-state index contributed by atoms with van der Waals surface area (Å²) in [5, 5.41) is 3.57. The quantitative estimate of drug-likeness (QED) is 0.945. The summed E-state index contributed by atoms with van der Waals surface area (Å²) in [6.45, 7) is -2.84. The Kier molecular flexibility index (Phi) is 3.28. The molecular formula is C10H7BrF2N2O2. The molecule has 0 aliphatic carbocycles. The van der Waals surface area contributed by atoms with Gasteiger partial charge in [-0.2, -0.15) is 8.78 Å². The molecule has 2 aromatic rings. The molecule has 2 N–H and O–H groups in total. The lowest BCUT2D eigenvalue weighted by Gasteiger charge is -2.04. The van der Waals surface area contributed by atoms with Crippen molar-refractivity contribution in [3.63, 3.8) is 0 Å². The van der Waals surface area contributed by atoms with Gasteiger partial charge >= 0.3 is 6.61 Å². The van der Waals surface area contributed by atoms with Crippen LogP contribution in [0.25, 0.3) is 11.3 Å². The number of aromatic nitrogens is 1. The van der Waals surface area contributed by atoms with Crippen molar-refractivity contribution in [1.29, 1.82) is 0 Å². The third kappa shape index (κ3) is 2.55. The number of nitrogens with zero attached hydrogens (tertiary/aromatic N) is 1. The van der Waals surface area contributed by atoms with E-state index in [0.29, 0.717) is 15.8 Å². The molecule has 0 saturated heterocycles. The molecule has 0 bridgehead atoms. The van der Waals surface area contributed by atoms with Crippen LogP contribution in [-0.4, -0.2) is 11.8 Å². The van der Waals surface area contributed by atoms with Gasteiger partial charge in [0.2, 0.25) is 0 Å². The summed E-state index contributed by atoms with van der Waals surface area (Å²) >= 11 is 3.21. The van der Waals surface area contributed by atoms with Gasteiger partial charge in [-0.15, -0.1) is 0 Å². The first-order valence-electron chi connectivity index (χ1n) is 4.54. The van der Waals surface area contributed by atoms with Crippen LogP contribution in [0.1, 0.15) is 0 Å². The molecule has 0 radical (unpaired) electrons. The highest BCUT2D eigenvalue weighted by molar-refractivity contribution is 9.10. The van der Waals surface area contributed by atoms with E-state index in [1.54, 1.807) is 12.1 Å². The van der Waals surface area contributed by atoms with Crippen molar-refractivity contribution < 1.29 is 18.0 Å². The molecule has 0 atom stereocenters. The highest BCUT2D eigenvalue weighted by atomic mass is 79.9. The molecule has 7 heteroatoms. The number of halogens is 3. The van der Waals surface area contributed by atoms with E-state index in [1.165, 1.54) is 12.1 Å². The van der Waals surface area contributed by atoms with Crippen molar-refractivity contribution in [2.75, 3.05) is 5.73 Å². The zero-order valence-corrected chi connectivity index (χ0v) is 9.95. The Balaban J connectivity index is 2.26. The summed E-state index contributed by atoms with van der Waals surface area (Å²) in [4.78, 5) is 0. The number of alkyl halides is 2. The fraction of sp³-hybridized carbons (Fsp3) is 0.100. The number of rotatable bonds is 3. The van der Waals surface area contributed by atoms with Gasteiger partial charge < -0.3 is 15.0 Å². The van der Waals surface area contributed by atoms with Gasteiger partial charge in [-0.25, -0.2) is 0 Å². The summed E-state index contributed by atoms with van der Waals surface area (Å²) in [7, 11) is 0. The van der Waals surface area contributed by atoms with E-state index in [2.05, 4.69) is 25.8 Å². The maximum absolute atomic E-state index is 11.9. The second kappa shape index (κ2) is 4.70. The highest BCUT2D eigenvalue weighted by Gasteiger charge is 2.13. The van der Waals surface area contributed by atoms with E-state index in [-0.39, 0.29) is 11.6 Å². The SMILES string of the molecule is Nc1noc(-c2ccc(OC(F)F)cc2)c1Br. The van der Waals surface area contributed by atoms with E-state index in [9.17, 15) is 8.78 Å². The lowest BCUT2D eigenvalue weighted by molar-refractivity contribution is -0.0498. The van der Waals surface area contributed by atoms with E-state index >= 15 is 0 Å². The van der Waals surface area contributed by atoms with Gasteiger partial charge in [0.1, 0.15) is 10.2 Å². The standard InChI is InChI=1S/C10H7BrF2N2O2/c11-7-8(17-15-9(7)14)5-1-3-6(4-2-5)16-10(12)13/h1-4,10H,(H2,14,15). The molecule has 4 nitrogen and oxygen atoms in total. The van der Waals surface area contributed by atoms with Crippen LogP contribution < -0.4 is 10.5 Å². The third-order valence-electron chi connectivity index (χ3n) is 2.00. The molecule has 0 unspecified atom stereocenters. The molecular weight excluding hydrogens is 298 g/mol. The minimum atomic E-state index is -2.84. The zero-order valence-electron chi connectivity index (χ0n) is 8.36. The van der Waals surface area contributed by atoms with Gasteiger partial charge in [0.15, 0.2) is 11.6 Å². The first-order valence-corrected chi connectivity index (χ1v) is 5.33. The molecule has 1 heterocycles. The molecule has 0 fully saturated rings. The molecule has 1 aromatic heterocycles. The number of nitrogens with two attached hydrogens (primary N) is 1. The van der Waals surface area contributed by atoms with Gasteiger partial charge in [-0.3, -0.25) is 0 Å². The molecule has 17 heavy (non-hydrogen) atoms. The van der Waals surface area contributed by atoms with Gasteiger partial charge in [0.05, 0.1) is 0 Å². The van der Waals surface area contributed by atoms with Crippen molar-refractivity contribution >= 4 is 21.7 Å². The second-order valence-electron chi connectivity index (χ2n) is 3.11. The average molecular weight is 305 g/mol. The van der Waals surface area contributed by atoms with E-state index in [4.69, 9.17) is 10.3 Å². The average Bonchev–Trinajstić information content (AvgIpc) is 2.60. The lowest BCUT2D eigenvalue weighted by atomic mass is 10.2. The van der Waals surface area contributed by atoms with Crippen LogP contribution in [0.4, 0.5) is 14.6 Å². The number of hydrogen-bond acceptors (Lipinski definition) is 4. The predicted octanol–water partition coefficient (Wildman–Crippen LogP) is 3.29. The first kappa shape index (κ1) is 11.8. The minimum Gasteiger partial charge on any atom is -0.435 e. The van der Waals surface area contributed by atoms with Crippen molar-refractivity contribution in [2.45, 2.75) is 6.61 Å². The predicted molar refractivity (Wildman–Crippen MR) is 60.7 cm³/mol. The van der Waals surface area contributed by atoms with Crippen molar-refractivity contribution in [1.82, 2.24) is 5.16 Å². The fourth-order valence-corrected chi connectivity index (χ4v) is 1.63. The summed E-state index contributed by atoms with van der Waals surface area (Å²) < 4.78 is 33.6. The summed E-state index contributed by atoms with van der Waals surface area (Å²) in [5.41, 5.74) is 6.15. The normalized spacial score (nSPS) is 10.8. The van der Waals surface area contributed by atoms with E-state index in [1.807, 2.05) is 0 Å². The maximum Gasteiger partial charge on any atom is 0.387 e. The van der Waals surface area contributed by atoms with Gasteiger partial charge in [-0.1, -0.05) is 5.16 Å². The molecule has 90 valence electrons. The molecule has 0 spiro atoms. The van der Waals surface area contributed by atoms with Crippen LogP contribution in [0, 0.1) is 0 Å². The molecule has 1 aromatic carbocycles. The topological polar surface area (TPSA) is 61.3 Å². The third-order valence-corrected chi connectivity index (χ3v) is 2.77.